The monoisotopic (exact) mass is 793 g/mol. The molecule has 3 saturated carbocycles. The Morgan fingerprint density at radius 3 is 2.54 bits per heavy atom. The molecule has 2 aliphatic heterocycles. The van der Waals surface area contributed by atoms with Crippen LogP contribution in [0.1, 0.15) is 92.4 Å². The van der Waals surface area contributed by atoms with Crippen molar-refractivity contribution in [1.82, 2.24) is 24.8 Å². The Hall–Kier alpha value is -4.40. The molecule has 56 heavy (non-hydrogen) atoms. The molecule has 1 saturated heterocycles. The van der Waals surface area contributed by atoms with E-state index in [1.165, 1.54) is 9.80 Å². The molecule has 4 amide bonds. The van der Waals surface area contributed by atoms with Gasteiger partial charge < -0.3 is 24.4 Å². The van der Waals surface area contributed by atoms with Crippen molar-refractivity contribution in [3.05, 3.63) is 42.6 Å². The highest BCUT2D eigenvalue weighted by Gasteiger charge is 2.63. The number of aromatic nitrogens is 1. The van der Waals surface area contributed by atoms with E-state index in [0.29, 0.717) is 43.9 Å². The van der Waals surface area contributed by atoms with Gasteiger partial charge in [0, 0.05) is 31.0 Å². The van der Waals surface area contributed by atoms with Crippen LogP contribution in [0.25, 0.3) is 10.8 Å². The van der Waals surface area contributed by atoms with E-state index in [1.54, 1.807) is 20.2 Å². The highest BCUT2D eigenvalue weighted by atomic mass is 32.2. The van der Waals surface area contributed by atoms with Crippen LogP contribution in [0.5, 0.6) is 11.6 Å². The first-order chi connectivity index (χ1) is 26.5. The SMILES string of the molecule is CCOc1ccc2c(O[C@@H]3C[C@H]4C(=O)N[C@]5(C(=O)NS(=O)(=O)C6(C)CC6)C[C@H]5/C=C\CC[C@H](C)C[C@@H](C)[C@H](N(C)C(=O)OC5(C)CC5)C(=O)N4C3)nccc2c1. The van der Waals surface area contributed by atoms with Crippen LogP contribution in [0, 0.1) is 17.8 Å². The number of likely N-dealkylation sites (N-methyl/N-ethyl adjacent to an activating group) is 1. The van der Waals surface area contributed by atoms with Gasteiger partial charge in [-0.1, -0.05) is 26.0 Å². The van der Waals surface area contributed by atoms with E-state index in [0.717, 1.165) is 30.0 Å². The Bertz CT molecular complexity index is 2030. The fraction of sp³-hybridized carbons (Fsp3) is 0.634. The summed E-state index contributed by atoms with van der Waals surface area (Å²) in [5.74, 6) is -1.39. The molecule has 7 atom stereocenters. The Morgan fingerprint density at radius 2 is 1.84 bits per heavy atom. The summed E-state index contributed by atoms with van der Waals surface area (Å²) in [4.78, 5) is 64.5. The lowest BCUT2D eigenvalue weighted by molar-refractivity contribution is -0.144. The van der Waals surface area contributed by atoms with Crippen molar-refractivity contribution in [1.29, 1.82) is 0 Å². The molecule has 0 spiro atoms. The smallest absolute Gasteiger partial charge is 0.410 e. The van der Waals surface area contributed by atoms with Crippen LogP contribution in [0.2, 0.25) is 0 Å². The summed E-state index contributed by atoms with van der Waals surface area (Å²) in [6, 6.07) is 5.34. The van der Waals surface area contributed by atoms with E-state index in [-0.39, 0.29) is 31.2 Å². The van der Waals surface area contributed by atoms with Gasteiger partial charge in [0.15, 0.2) is 0 Å². The number of allylic oxidation sites excluding steroid dienone is 1. The zero-order valence-corrected chi connectivity index (χ0v) is 34.0. The molecule has 7 rings (SSSR count). The summed E-state index contributed by atoms with van der Waals surface area (Å²) in [6.45, 7) is 9.93. The number of benzene rings is 1. The summed E-state index contributed by atoms with van der Waals surface area (Å²) in [7, 11) is -2.43. The van der Waals surface area contributed by atoms with Gasteiger partial charge in [0.1, 0.15) is 35.1 Å². The van der Waals surface area contributed by atoms with Crippen LogP contribution in [0.4, 0.5) is 4.79 Å². The van der Waals surface area contributed by atoms with Gasteiger partial charge in [-0.25, -0.2) is 18.2 Å². The Balaban J connectivity index is 1.23. The van der Waals surface area contributed by atoms with E-state index in [2.05, 4.69) is 21.9 Å². The summed E-state index contributed by atoms with van der Waals surface area (Å²) in [5.41, 5.74) is -2.09. The quantitative estimate of drug-likeness (QED) is 0.334. The van der Waals surface area contributed by atoms with E-state index in [1.807, 2.05) is 57.2 Å². The number of fused-ring (bicyclic) bond motifs is 3. The number of rotatable bonds is 9. The number of carbonyl (C=O) groups excluding carboxylic acids is 4. The predicted octanol–water partition coefficient (Wildman–Crippen LogP) is 4.86. The number of nitrogens with zero attached hydrogens (tertiary/aromatic N) is 3. The molecule has 1 aromatic heterocycles. The number of pyridine rings is 1. The maximum atomic E-state index is 15.0. The maximum absolute atomic E-state index is 15.0. The zero-order valence-electron chi connectivity index (χ0n) is 33.2. The molecule has 3 heterocycles. The minimum atomic E-state index is -3.99. The largest absolute Gasteiger partial charge is 0.494 e. The van der Waals surface area contributed by atoms with Crippen LogP contribution >= 0.6 is 0 Å². The third-order valence-corrected chi connectivity index (χ3v) is 14.6. The number of hydrogen-bond donors (Lipinski definition) is 2. The number of sulfonamides is 1. The van der Waals surface area contributed by atoms with Gasteiger partial charge in [-0.3, -0.25) is 24.0 Å². The summed E-state index contributed by atoms with van der Waals surface area (Å²) in [6.07, 6.45) is 8.92. The molecule has 0 unspecified atom stereocenters. The number of nitrogens with one attached hydrogen (secondary N) is 2. The third-order valence-electron chi connectivity index (χ3n) is 12.5. The molecule has 1 aromatic carbocycles. The summed E-state index contributed by atoms with van der Waals surface area (Å²) < 4.78 is 45.7. The first-order valence-corrected chi connectivity index (χ1v) is 21.5. The van der Waals surface area contributed by atoms with Gasteiger partial charge >= 0.3 is 6.09 Å². The third kappa shape index (κ3) is 7.92. The van der Waals surface area contributed by atoms with Crippen LogP contribution in [-0.4, -0.2) is 101 Å². The standard InChI is InChI=1S/C41H55N5O9S/c1-7-53-29-12-13-31-27(21-29)14-19-42-35(31)54-30-22-32-34(47)43-41(37(49)44-56(51,52)40(5)17-18-40)23-28(41)11-9-8-10-25(2)20-26(3)33(36(48)46(32)24-30)45(6)38(50)55-39(4)15-16-39/h9,11-14,19,21,25-26,28,30,32-33H,7-8,10,15-18,20,22-24H2,1-6H3,(H,43,47)(H,44,49)/b11-9-/t25-,26+,28+,30+,32-,33-,41+/m0/s1. The Labute approximate surface area is 329 Å². The fourth-order valence-electron chi connectivity index (χ4n) is 8.24. The van der Waals surface area contributed by atoms with Crippen molar-refractivity contribution in [2.45, 2.75) is 126 Å². The summed E-state index contributed by atoms with van der Waals surface area (Å²) in [5, 5.41) is 4.49. The van der Waals surface area contributed by atoms with E-state index in [9.17, 15) is 22.8 Å². The highest BCUT2D eigenvalue weighted by Crippen LogP contribution is 2.48. The fourth-order valence-corrected chi connectivity index (χ4v) is 9.55. The van der Waals surface area contributed by atoms with Gasteiger partial charge in [-0.05, 0) is 114 Å². The second-order valence-electron chi connectivity index (χ2n) is 17.3. The van der Waals surface area contributed by atoms with Crippen LogP contribution < -0.4 is 19.5 Å². The predicted molar refractivity (Wildman–Crippen MR) is 208 cm³/mol. The van der Waals surface area contributed by atoms with Crippen molar-refractivity contribution >= 4 is 44.6 Å². The van der Waals surface area contributed by atoms with Crippen LogP contribution in [0.15, 0.2) is 42.6 Å². The molecular formula is C41H55N5O9S. The van der Waals surface area contributed by atoms with Crippen molar-refractivity contribution < 1.29 is 41.8 Å². The van der Waals surface area contributed by atoms with Crippen LogP contribution in [-0.2, 0) is 29.1 Å². The minimum Gasteiger partial charge on any atom is -0.494 e. The molecule has 3 aliphatic carbocycles. The number of hydrogen-bond acceptors (Lipinski definition) is 10. The molecule has 304 valence electrons. The topological polar surface area (TPSA) is 174 Å². The molecule has 5 aliphatic rings. The lowest BCUT2D eigenvalue weighted by atomic mass is 9.87. The van der Waals surface area contributed by atoms with Crippen molar-refractivity contribution in [3.63, 3.8) is 0 Å². The van der Waals surface area contributed by atoms with Gasteiger partial charge in [-0.2, -0.15) is 0 Å². The lowest BCUT2D eigenvalue weighted by Crippen LogP contribution is -2.59. The number of ether oxygens (including phenoxy) is 3. The molecule has 15 heteroatoms. The van der Waals surface area contributed by atoms with Gasteiger partial charge in [0.05, 0.1) is 17.9 Å². The number of carbonyl (C=O) groups is 4. The molecule has 0 radical (unpaired) electrons. The molecule has 0 bridgehead atoms. The Kier molecular flexibility index (Phi) is 10.5. The maximum Gasteiger partial charge on any atom is 0.410 e. The lowest BCUT2D eigenvalue weighted by Gasteiger charge is -2.37. The second-order valence-corrected chi connectivity index (χ2v) is 19.5. The van der Waals surface area contributed by atoms with Crippen molar-refractivity contribution in [3.8, 4) is 11.6 Å². The van der Waals surface area contributed by atoms with E-state index >= 15 is 4.79 Å². The molecule has 2 N–H and O–H groups in total. The first-order valence-electron chi connectivity index (χ1n) is 20.0. The van der Waals surface area contributed by atoms with Gasteiger partial charge in [-0.15, -0.1) is 0 Å². The molecule has 14 nitrogen and oxygen atoms in total. The average Bonchev–Trinajstić information content (AvgIpc) is 4.10. The van der Waals surface area contributed by atoms with E-state index < -0.39 is 73.8 Å². The number of amides is 4. The molecule has 2 aromatic rings. The first kappa shape index (κ1) is 39.8. The van der Waals surface area contributed by atoms with E-state index in [4.69, 9.17) is 14.2 Å². The van der Waals surface area contributed by atoms with Crippen LogP contribution in [0.3, 0.4) is 0 Å². The molecule has 4 fully saturated rings. The average molecular weight is 794 g/mol. The van der Waals surface area contributed by atoms with Gasteiger partial charge in [0.2, 0.25) is 27.7 Å². The Morgan fingerprint density at radius 1 is 1.09 bits per heavy atom. The van der Waals surface area contributed by atoms with Crippen molar-refractivity contribution in [2.24, 2.45) is 17.8 Å². The summed E-state index contributed by atoms with van der Waals surface area (Å²) >= 11 is 0. The normalized spacial score (nSPS) is 31.4. The highest BCUT2D eigenvalue weighted by molar-refractivity contribution is 7.91. The zero-order chi connectivity index (χ0) is 40.2. The minimum absolute atomic E-state index is 0.000650. The molecular weight excluding hydrogens is 739 g/mol. The second kappa shape index (κ2) is 14.8. The van der Waals surface area contributed by atoms with Crippen molar-refractivity contribution in [2.75, 3.05) is 20.2 Å². The van der Waals surface area contributed by atoms with Gasteiger partial charge in [0.25, 0.3) is 5.91 Å².